The van der Waals surface area contributed by atoms with Gasteiger partial charge in [0.05, 0.1) is 25.3 Å². The highest BCUT2D eigenvalue weighted by molar-refractivity contribution is 6.09. The van der Waals surface area contributed by atoms with Crippen LogP contribution in [0.4, 0.5) is 5.82 Å². The Hall–Kier alpha value is -5.41. The first-order valence-electron chi connectivity index (χ1n) is 16.3. The number of likely N-dealkylation sites (tertiary alicyclic amines) is 1. The molecule has 1 saturated heterocycles. The van der Waals surface area contributed by atoms with E-state index in [2.05, 4.69) is 34.1 Å². The Morgan fingerprint density at radius 1 is 0.729 bits per heavy atom. The highest BCUT2D eigenvalue weighted by Crippen LogP contribution is 2.34. The van der Waals surface area contributed by atoms with Crippen LogP contribution >= 0.6 is 0 Å². The molecule has 2 aromatic heterocycles. The molecule has 244 valence electrons. The molecule has 1 N–H and O–H groups in total. The smallest absolute Gasteiger partial charge is 0.372 e. The van der Waals surface area contributed by atoms with Crippen LogP contribution in [0, 0.1) is 0 Å². The van der Waals surface area contributed by atoms with Crippen molar-refractivity contribution in [1.29, 1.82) is 0 Å². The van der Waals surface area contributed by atoms with Crippen molar-refractivity contribution < 1.29 is 19.4 Å². The number of hydrogen-bond acceptors (Lipinski definition) is 7. The molecule has 4 aromatic carbocycles. The molecule has 1 aliphatic rings. The van der Waals surface area contributed by atoms with Crippen LogP contribution in [-0.4, -0.2) is 57.8 Å². The summed E-state index contributed by atoms with van der Waals surface area (Å²) >= 11 is 0. The van der Waals surface area contributed by atoms with Crippen LogP contribution in [0.5, 0.6) is 11.5 Å². The van der Waals surface area contributed by atoms with Crippen molar-refractivity contribution in [3.05, 3.63) is 125 Å². The number of aromatic nitrogens is 3. The summed E-state index contributed by atoms with van der Waals surface area (Å²) in [6.45, 7) is 4.62. The van der Waals surface area contributed by atoms with Gasteiger partial charge in [0.2, 0.25) is 5.82 Å². The Kier molecular flexibility index (Phi) is 8.94. The molecule has 9 nitrogen and oxygen atoms in total. The van der Waals surface area contributed by atoms with Gasteiger partial charge in [0.25, 0.3) is 0 Å². The van der Waals surface area contributed by atoms with Crippen LogP contribution in [0.3, 0.4) is 0 Å². The van der Waals surface area contributed by atoms with Crippen LogP contribution in [-0.2, 0) is 26.2 Å². The number of carboxylic acids is 1. The molecule has 0 amide bonds. The maximum Gasteiger partial charge on any atom is 0.372 e. The van der Waals surface area contributed by atoms with E-state index in [0.717, 1.165) is 64.2 Å². The van der Waals surface area contributed by atoms with Crippen LogP contribution in [0.1, 0.15) is 45.7 Å². The molecule has 0 spiro atoms. The summed E-state index contributed by atoms with van der Waals surface area (Å²) in [5.74, 6) is 1.09. The highest BCUT2D eigenvalue weighted by atomic mass is 16.5. The number of carbonyl (C=O) groups is 1. The molecule has 0 aliphatic carbocycles. The molecule has 6 aromatic rings. The summed E-state index contributed by atoms with van der Waals surface area (Å²) in [7, 11) is 3.31. The Balaban J connectivity index is 1.34. The highest BCUT2D eigenvalue weighted by Gasteiger charge is 2.25. The van der Waals surface area contributed by atoms with Crippen LogP contribution in [0.2, 0.25) is 0 Å². The van der Waals surface area contributed by atoms with E-state index in [-0.39, 0.29) is 5.82 Å². The summed E-state index contributed by atoms with van der Waals surface area (Å²) in [5.41, 5.74) is 6.46. The number of nitrogens with zero attached hydrogens (tertiary/aromatic N) is 5. The molecule has 48 heavy (non-hydrogen) atoms. The van der Waals surface area contributed by atoms with Crippen molar-refractivity contribution in [1.82, 2.24) is 19.4 Å². The van der Waals surface area contributed by atoms with Gasteiger partial charge < -0.3 is 24.0 Å². The van der Waals surface area contributed by atoms with Gasteiger partial charge in [-0.1, -0.05) is 66.7 Å². The van der Waals surface area contributed by atoms with Crippen molar-refractivity contribution in [3.8, 4) is 11.5 Å². The van der Waals surface area contributed by atoms with E-state index in [9.17, 15) is 9.90 Å². The number of benzene rings is 4. The normalized spacial score (nSPS) is 13.3. The quantitative estimate of drug-likeness (QED) is 0.151. The lowest BCUT2D eigenvalue weighted by Gasteiger charge is -2.25. The molecule has 0 atom stereocenters. The molecule has 9 heteroatoms. The Bertz CT molecular complexity index is 1980. The number of fused-ring (bicyclic) bond motifs is 3. The summed E-state index contributed by atoms with van der Waals surface area (Å²) in [6, 6.07) is 32.3. The molecule has 0 unspecified atom stereocenters. The summed E-state index contributed by atoms with van der Waals surface area (Å²) < 4.78 is 12.6. The van der Waals surface area contributed by atoms with E-state index in [0.29, 0.717) is 31.0 Å². The number of hydrogen-bond donors (Lipinski definition) is 1. The van der Waals surface area contributed by atoms with Crippen LogP contribution < -0.4 is 14.4 Å². The molecule has 7 rings (SSSR count). The predicted octanol–water partition coefficient (Wildman–Crippen LogP) is 7.15. The third kappa shape index (κ3) is 6.55. The second kappa shape index (κ2) is 13.8. The molecule has 0 bridgehead atoms. The molecule has 1 aliphatic heterocycles. The van der Waals surface area contributed by atoms with Gasteiger partial charge in [0.15, 0.2) is 5.82 Å². The molecule has 0 saturated carbocycles. The van der Waals surface area contributed by atoms with E-state index < -0.39 is 5.97 Å². The number of carboxylic acid groups (broad SMARTS) is 1. The van der Waals surface area contributed by atoms with Gasteiger partial charge in [0.1, 0.15) is 17.0 Å². The number of imidazole rings is 1. The first-order chi connectivity index (χ1) is 23.5. The minimum absolute atomic E-state index is 0.0145. The zero-order chi connectivity index (χ0) is 33.0. The zero-order valence-electron chi connectivity index (χ0n) is 27.3. The Morgan fingerprint density at radius 2 is 1.27 bits per heavy atom. The average molecular weight is 642 g/mol. The number of pyridine rings is 1. The number of anilines is 1. The fourth-order valence-electron chi connectivity index (χ4n) is 6.60. The van der Waals surface area contributed by atoms with Gasteiger partial charge in [-0.15, -0.1) is 0 Å². The van der Waals surface area contributed by atoms with Crippen LogP contribution in [0.25, 0.3) is 21.9 Å². The second-order valence-electron chi connectivity index (χ2n) is 12.3. The lowest BCUT2D eigenvalue weighted by atomic mass is 10.1. The zero-order valence-corrected chi connectivity index (χ0v) is 27.3. The topological polar surface area (TPSA) is 93.0 Å². The monoisotopic (exact) mass is 641 g/mol. The van der Waals surface area contributed by atoms with Gasteiger partial charge in [0, 0.05) is 31.6 Å². The Labute approximate surface area is 280 Å². The lowest BCUT2D eigenvalue weighted by molar-refractivity contribution is 0.0679. The SMILES string of the molecule is COc1ccc(CN(Cc2ccc(OC)cc2)c2nc3ccccc3c3c2nc(C(=O)O)n3Cc2ccc(CN3CCCC3)cc2)cc1. The predicted molar refractivity (Wildman–Crippen MR) is 188 cm³/mol. The Morgan fingerprint density at radius 3 is 1.83 bits per heavy atom. The third-order valence-electron chi connectivity index (χ3n) is 9.09. The summed E-state index contributed by atoms with van der Waals surface area (Å²) in [5, 5.41) is 11.3. The molecule has 0 radical (unpaired) electrons. The standard InChI is InChI=1S/C39H39N5O4/c1-47-31-17-13-28(14-18-31)24-43(25-29-15-19-32(48-2)20-16-29)37-35-36(33-7-3-4-8-34(33)40-37)44(38(41-35)39(45)46)26-30-11-9-27(10-12-30)23-42-21-5-6-22-42/h3-4,7-20H,5-6,21-26H2,1-2H3,(H,45,46). The minimum atomic E-state index is -1.08. The molecule has 1 fully saturated rings. The van der Waals surface area contributed by atoms with Gasteiger partial charge in [-0.3, -0.25) is 4.90 Å². The summed E-state index contributed by atoms with van der Waals surface area (Å²) in [6.07, 6.45) is 2.51. The van der Waals surface area contributed by atoms with E-state index in [1.165, 1.54) is 18.4 Å². The maximum atomic E-state index is 12.8. The molecular formula is C39H39N5O4. The number of ether oxygens (including phenoxy) is 2. The van der Waals surface area contributed by atoms with E-state index in [1.54, 1.807) is 14.2 Å². The largest absolute Gasteiger partial charge is 0.497 e. The van der Waals surface area contributed by atoms with E-state index >= 15 is 0 Å². The third-order valence-corrected chi connectivity index (χ3v) is 9.09. The second-order valence-corrected chi connectivity index (χ2v) is 12.3. The summed E-state index contributed by atoms with van der Waals surface area (Å²) in [4.78, 5) is 27.4. The van der Waals surface area contributed by atoms with E-state index in [1.807, 2.05) is 77.4 Å². The first kappa shape index (κ1) is 31.2. The number of methoxy groups -OCH3 is 2. The van der Waals surface area contributed by atoms with Crippen molar-refractivity contribution in [2.75, 3.05) is 32.2 Å². The fourth-order valence-corrected chi connectivity index (χ4v) is 6.60. The van der Waals surface area contributed by atoms with Crippen molar-refractivity contribution in [2.24, 2.45) is 0 Å². The maximum absolute atomic E-state index is 12.8. The first-order valence-corrected chi connectivity index (χ1v) is 16.3. The van der Waals surface area contributed by atoms with Gasteiger partial charge in [-0.25, -0.2) is 14.8 Å². The van der Waals surface area contributed by atoms with Gasteiger partial charge in [-0.05, 0) is 78.5 Å². The number of rotatable bonds is 12. The van der Waals surface area contributed by atoms with Gasteiger partial charge >= 0.3 is 5.97 Å². The van der Waals surface area contributed by atoms with Crippen molar-refractivity contribution >= 4 is 33.7 Å². The minimum Gasteiger partial charge on any atom is -0.497 e. The van der Waals surface area contributed by atoms with E-state index in [4.69, 9.17) is 19.4 Å². The average Bonchev–Trinajstić information content (AvgIpc) is 3.77. The molecular weight excluding hydrogens is 602 g/mol. The van der Waals surface area contributed by atoms with Crippen LogP contribution in [0.15, 0.2) is 97.1 Å². The number of aromatic carboxylic acids is 1. The number of para-hydroxylation sites is 1. The fraction of sp³-hybridized carbons (Fsp3) is 0.256. The van der Waals surface area contributed by atoms with Crippen molar-refractivity contribution in [2.45, 2.75) is 39.0 Å². The lowest BCUT2D eigenvalue weighted by Crippen LogP contribution is -2.23. The van der Waals surface area contributed by atoms with Crippen molar-refractivity contribution in [3.63, 3.8) is 0 Å². The molecule has 3 heterocycles. The van der Waals surface area contributed by atoms with Gasteiger partial charge in [-0.2, -0.15) is 0 Å².